The third-order valence-electron chi connectivity index (χ3n) is 7.04. The average Bonchev–Trinajstić information content (AvgIpc) is 3.10. The van der Waals surface area contributed by atoms with Crippen LogP contribution in [0.4, 0.5) is 5.82 Å². The number of piperidine rings is 1. The van der Waals surface area contributed by atoms with E-state index in [4.69, 9.17) is 4.74 Å². The van der Waals surface area contributed by atoms with Gasteiger partial charge in [-0.2, -0.15) is 0 Å². The van der Waals surface area contributed by atoms with E-state index < -0.39 is 0 Å². The topological polar surface area (TPSA) is 57.3 Å². The molecule has 3 heterocycles. The molecule has 1 aliphatic heterocycles. The van der Waals surface area contributed by atoms with Crippen molar-refractivity contribution in [2.75, 3.05) is 37.9 Å². The molecule has 3 aliphatic rings. The van der Waals surface area contributed by atoms with E-state index in [-0.39, 0.29) is 0 Å². The number of fused-ring (bicyclic) bond motifs is 1. The molecule has 0 bridgehead atoms. The fraction of sp³-hybridized carbons (Fsp3) is 0.700. The van der Waals surface area contributed by atoms with Crippen LogP contribution in [0.1, 0.15) is 32.1 Å². The predicted octanol–water partition coefficient (Wildman–Crippen LogP) is 3.32. The van der Waals surface area contributed by atoms with Crippen molar-refractivity contribution in [3.8, 4) is 0 Å². The number of ether oxygens (including phenoxy) is 1. The molecule has 2 aliphatic carbocycles. The third-order valence-corrected chi connectivity index (χ3v) is 8.39. The fourth-order valence-corrected chi connectivity index (χ4v) is 6.04. The van der Waals surface area contributed by atoms with Gasteiger partial charge >= 0.3 is 0 Å². The minimum Gasteiger partial charge on any atom is -0.381 e. The van der Waals surface area contributed by atoms with Crippen molar-refractivity contribution in [2.45, 2.75) is 44.2 Å². The Labute approximate surface area is 165 Å². The number of anilines is 1. The number of hydrogen-bond acceptors (Lipinski definition) is 6. The van der Waals surface area contributed by atoms with E-state index in [2.05, 4.69) is 49.2 Å². The van der Waals surface area contributed by atoms with Crippen molar-refractivity contribution in [2.24, 2.45) is 11.3 Å². The van der Waals surface area contributed by atoms with Crippen LogP contribution in [0.2, 0.25) is 0 Å². The first-order valence-electron chi connectivity index (χ1n) is 10.1. The molecule has 5 rings (SSSR count). The number of aromatic nitrogens is 3. The summed E-state index contributed by atoms with van der Waals surface area (Å²) in [6.07, 6.45) is 10.6. The largest absolute Gasteiger partial charge is 0.381 e. The van der Waals surface area contributed by atoms with Crippen molar-refractivity contribution < 1.29 is 4.74 Å². The van der Waals surface area contributed by atoms with Crippen molar-refractivity contribution in [3.63, 3.8) is 0 Å². The van der Waals surface area contributed by atoms with Crippen LogP contribution in [-0.4, -0.2) is 64.4 Å². The second-order valence-corrected chi connectivity index (χ2v) is 9.66. The van der Waals surface area contributed by atoms with Crippen LogP contribution in [0.5, 0.6) is 0 Å². The Bertz CT molecular complexity index is 797. The van der Waals surface area contributed by atoms with E-state index in [1.165, 1.54) is 50.9 Å². The van der Waals surface area contributed by atoms with Crippen LogP contribution < -0.4 is 4.90 Å². The molecule has 27 heavy (non-hydrogen) atoms. The molecule has 1 N–H and O–H groups in total. The lowest BCUT2D eigenvalue weighted by atomic mass is 9.81. The lowest BCUT2D eigenvalue weighted by Crippen LogP contribution is -2.44. The Hall–Kier alpha value is -1.31. The molecule has 7 heteroatoms. The molecular weight excluding hydrogens is 358 g/mol. The second kappa shape index (κ2) is 6.94. The van der Waals surface area contributed by atoms with Gasteiger partial charge in [-0.25, -0.2) is 9.97 Å². The maximum Gasteiger partial charge on any atom is 0.142 e. The van der Waals surface area contributed by atoms with Crippen molar-refractivity contribution in [1.29, 1.82) is 0 Å². The number of rotatable bonds is 6. The molecule has 1 spiro atoms. The number of nitrogens with zero attached hydrogens (tertiary/aromatic N) is 4. The van der Waals surface area contributed by atoms with Crippen LogP contribution in [0, 0.1) is 11.3 Å². The van der Waals surface area contributed by atoms with Gasteiger partial charge in [0.15, 0.2) is 0 Å². The Morgan fingerprint density at radius 2 is 2.15 bits per heavy atom. The molecule has 1 saturated heterocycles. The summed E-state index contributed by atoms with van der Waals surface area (Å²) in [5.74, 6) is 3.14. The highest BCUT2D eigenvalue weighted by atomic mass is 32.2. The van der Waals surface area contributed by atoms with Crippen molar-refractivity contribution in [3.05, 3.63) is 18.6 Å². The molecule has 0 amide bonds. The van der Waals surface area contributed by atoms with Crippen LogP contribution in [-0.2, 0) is 4.74 Å². The van der Waals surface area contributed by atoms with Gasteiger partial charge < -0.3 is 14.6 Å². The highest BCUT2D eigenvalue weighted by Crippen LogP contribution is 2.56. The minimum absolute atomic E-state index is 0.539. The molecule has 1 atom stereocenters. The van der Waals surface area contributed by atoms with Gasteiger partial charge in [0.1, 0.15) is 17.8 Å². The van der Waals surface area contributed by atoms with Gasteiger partial charge in [-0.3, -0.25) is 4.31 Å². The first-order chi connectivity index (χ1) is 13.2. The van der Waals surface area contributed by atoms with Crippen LogP contribution in [0.3, 0.4) is 0 Å². The van der Waals surface area contributed by atoms with Gasteiger partial charge in [0.2, 0.25) is 0 Å². The summed E-state index contributed by atoms with van der Waals surface area (Å²) in [6, 6.07) is 2.67. The van der Waals surface area contributed by atoms with Crippen LogP contribution >= 0.6 is 11.9 Å². The predicted molar refractivity (Wildman–Crippen MR) is 110 cm³/mol. The molecular formula is C20H29N5OS. The third kappa shape index (κ3) is 3.23. The molecule has 146 valence electrons. The summed E-state index contributed by atoms with van der Waals surface area (Å²) < 4.78 is 8.16. The first kappa shape index (κ1) is 17.8. The molecule has 2 aromatic heterocycles. The minimum atomic E-state index is 0.539. The van der Waals surface area contributed by atoms with E-state index in [0.29, 0.717) is 17.6 Å². The standard InChI is InChI=1S/C20H29N5OS/c1-24(19-16-3-6-21-18(16)22-13-23-19)15-9-14(10-15)12-27-25-7-4-20(5-8-25)11-17(20)26-2/h3,6,13-15,17H,4-5,7-12H2,1-2H3,(H,21,22,23)/t14-,15+,17?. The van der Waals surface area contributed by atoms with E-state index in [1.54, 1.807) is 6.33 Å². The zero-order chi connectivity index (χ0) is 18.4. The molecule has 2 saturated carbocycles. The number of H-pyrrole nitrogens is 1. The summed E-state index contributed by atoms with van der Waals surface area (Å²) in [4.78, 5) is 14.4. The second-order valence-electron chi connectivity index (χ2n) is 8.56. The van der Waals surface area contributed by atoms with Gasteiger partial charge in [0.05, 0.1) is 11.5 Å². The Kier molecular flexibility index (Phi) is 4.57. The Balaban J connectivity index is 1.08. The van der Waals surface area contributed by atoms with Gasteiger partial charge in [0, 0.05) is 50.7 Å². The summed E-state index contributed by atoms with van der Waals surface area (Å²) >= 11 is 2.08. The number of aromatic amines is 1. The zero-order valence-electron chi connectivity index (χ0n) is 16.2. The molecule has 6 nitrogen and oxygen atoms in total. The summed E-state index contributed by atoms with van der Waals surface area (Å²) in [6.45, 7) is 2.46. The molecule has 2 aromatic rings. The van der Waals surface area contributed by atoms with Crippen LogP contribution in [0.25, 0.3) is 11.0 Å². The maximum atomic E-state index is 5.57. The Morgan fingerprint density at radius 1 is 1.33 bits per heavy atom. The van der Waals surface area contributed by atoms with Crippen molar-refractivity contribution >= 4 is 28.8 Å². The number of methoxy groups -OCH3 is 1. The molecule has 1 unspecified atom stereocenters. The number of hydrogen-bond donors (Lipinski definition) is 1. The monoisotopic (exact) mass is 387 g/mol. The normalized spacial score (nSPS) is 29.8. The number of nitrogens with one attached hydrogen (secondary N) is 1. The summed E-state index contributed by atoms with van der Waals surface area (Å²) in [5, 5.41) is 1.12. The fourth-order valence-electron chi connectivity index (χ4n) is 4.91. The molecule has 3 fully saturated rings. The highest BCUT2D eigenvalue weighted by molar-refractivity contribution is 7.97. The summed E-state index contributed by atoms with van der Waals surface area (Å²) in [7, 11) is 4.04. The van der Waals surface area contributed by atoms with E-state index in [9.17, 15) is 0 Å². The average molecular weight is 388 g/mol. The van der Waals surface area contributed by atoms with Gasteiger partial charge in [0.25, 0.3) is 0 Å². The summed E-state index contributed by atoms with van der Waals surface area (Å²) in [5.41, 5.74) is 1.46. The van der Waals surface area contributed by atoms with Crippen LogP contribution in [0.15, 0.2) is 18.6 Å². The highest BCUT2D eigenvalue weighted by Gasteiger charge is 2.55. The lowest BCUT2D eigenvalue weighted by Gasteiger charge is -2.42. The molecule has 0 radical (unpaired) electrons. The van der Waals surface area contributed by atoms with E-state index >= 15 is 0 Å². The smallest absolute Gasteiger partial charge is 0.142 e. The molecule has 0 aromatic carbocycles. The van der Waals surface area contributed by atoms with E-state index in [1.807, 2.05) is 13.3 Å². The Morgan fingerprint density at radius 3 is 2.89 bits per heavy atom. The maximum absolute atomic E-state index is 5.57. The quantitative estimate of drug-likeness (QED) is 0.768. The lowest BCUT2D eigenvalue weighted by molar-refractivity contribution is 0.119. The zero-order valence-corrected chi connectivity index (χ0v) is 17.0. The first-order valence-corrected chi connectivity index (χ1v) is 11.0. The SMILES string of the molecule is COC1CC12CCN(SC[C@H]1C[C@@H](N(C)c3ncnc4[nH]ccc34)C1)CC2. The van der Waals surface area contributed by atoms with E-state index in [0.717, 1.165) is 22.8 Å². The van der Waals surface area contributed by atoms with Gasteiger partial charge in [-0.15, -0.1) is 0 Å². The van der Waals surface area contributed by atoms with Gasteiger partial charge in [-0.05, 0) is 44.1 Å². The van der Waals surface area contributed by atoms with Gasteiger partial charge in [-0.1, -0.05) is 11.9 Å². The van der Waals surface area contributed by atoms with Crippen molar-refractivity contribution in [1.82, 2.24) is 19.3 Å².